The maximum absolute atomic E-state index is 13.0. The Labute approximate surface area is 138 Å². The number of anilines is 1. The number of rotatable bonds is 4. The van der Waals surface area contributed by atoms with Crippen LogP contribution in [0.15, 0.2) is 61.3 Å². The quantitative estimate of drug-likeness (QED) is 0.803. The largest absolute Gasteiger partial charge is 0.324 e. The number of amides is 1. The fourth-order valence-electron chi connectivity index (χ4n) is 2.81. The van der Waals surface area contributed by atoms with Gasteiger partial charge in [-0.05, 0) is 42.2 Å². The highest BCUT2D eigenvalue weighted by atomic mass is 19.1. The Morgan fingerprint density at radius 2 is 2.04 bits per heavy atom. The molecule has 1 N–H and O–H groups in total. The van der Waals surface area contributed by atoms with Crippen molar-refractivity contribution in [3.8, 4) is 5.82 Å². The summed E-state index contributed by atoms with van der Waals surface area (Å²) in [5.41, 5.74) is 1.67. The molecule has 0 spiro atoms. The predicted molar refractivity (Wildman–Crippen MR) is 87.2 cm³/mol. The average Bonchev–Trinajstić information content (AvgIpc) is 3.21. The molecule has 6 heteroatoms. The average molecular weight is 322 g/mol. The van der Waals surface area contributed by atoms with Gasteiger partial charge in [-0.25, -0.2) is 14.4 Å². The lowest BCUT2D eigenvalue weighted by atomic mass is 10.1. The summed E-state index contributed by atoms with van der Waals surface area (Å²) in [4.78, 5) is 20.6. The van der Waals surface area contributed by atoms with Crippen LogP contribution in [0.25, 0.3) is 5.82 Å². The van der Waals surface area contributed by atoms with Gasteiger partial charge in [-0.15, -0.1) is 0 Å². The van der Waals surface area contributed by atoms with Crippen LogP contribution in [0.3, 0.4) is 0 Å². The number of halogens is 1. The summed E-state index contributed by atoms with van der Waals surface area (Å²) < 4.78 is 14.7. The minimum atomic E-state index is -0.260. The van der Waals surface area contributed by atoms with Gasteiger partial charge in [0.05, 0.1) is 11.9 Å². The van der Waals surface area contributed by atoms with E-state index in [-0.39, 0.29) is 23.6 Å². The third-order valence-corrected chi connectivity index (χ3v) is 4.21. The van der Waals surface area contributed by atoms with E-state index in [9.17, 15) is 9.18 Å². The summed E-state index contributed by atoms with van der Waals surface area (Å²) in [6, 6.07) is 9.99. The third kappa shape index (κ3) is 2.90. The summed E-state index contributed by atoms with van der Waals surface area (Å²) in [5.74, 6) is 0.555. The molecule has 1 saturated carbocycles. The number of carbonyl (C=O) groups excluding carboxylic acids is 1. The number of hydrogen-bond donors (Lipinski definition) is 1. The van der Waals surface area contributed by atoms with Crippen molar-refractivity contribution in [2.24, 2.45) is 5.92 Å². The summed E-state index contributed by atoms with van der Waals surface area (Å²) in [5, 5.41) is 2.89. The molecular weight excluding hydrogens is 307 g/mol. The summed E-state index contributed by atoms with van der Waals surface area (Å²) in [6.07, 6.45) is 7.57. The van der Waals surface area contributed by atoms with Crippen molar-refractivity contribution >= 4 is 11.6 Å². The minimum Gasteiger partial charge on any atom is -0.324 e. The highest BCUT2D eigenvalue weighted by molar-refractivity contribution is 5.95. The Morgan fingerprint density at radius 1 is 1.21 bits per heavy atom. The molecule has 4 rings (SSSR count). The van der Waals surface area contributed by atoms with E-state index in [1.807, 2.05) is 12.1 Å². The van der Waals surface area contributed by atoms with Gasteiger partial charge in [0.2, 0.25) is 5.91 Å². The predicted octanol–water partition coefficient (Wildman–Crippen LogP) is 3.15. The highest BCUT2D eigenvalue weighted by Crippen LogP contribution is 2.47. The second kappa shape index (κ2) is 5.88. The Hall–Kier alpha value is -3.02. The molecule has 0 bridgehead atoms. The van der Waals surface area contributed by atoms with Crippen LogP contribution in [0.2, 0.25) is 0 Å². The molecule has 2 heterocycles. The zero-order chi connectivity index (χ0) is 16.5. The van der Waals surface area contributed by atoms with Gasteiger partial charge in [-0.2, -0.15) is 0 Å². The number of pyridine rings is 1. The van der Waals surface area contributed by atoms with Gasteiger partial charge < -0.3 is 5.32 Å². The summed E-state index contributed by atoms with van der Waals surface area (Å²) in [6.45, 7) is 0. The molecule has 2 aromatic heterocycles. The molecule has 0 unspecified atom stereocenters. The topological polar surface area (TPSA) is 59.8 Å². The third-order valence-electron chi connectivity index (χ3n) is 4.21. The van der Waals surface area contributed by atoms with Crippen LogP contribution in [0.4, 0.5) is 10.1 Å². The van der Waals surface area contributed by atoms with E-state index < -0.39 is 0 Å². The van der Waals surface area contributed by atoms with Crippen LogP contribution in [0, 0.1) is 11.7 Å². The Balaban J connectivity index is 1.39. The maximum atomic E-state index is 13.0. The fourth-order valence-corrected chi connectivity index (χ4v) is 2.81. The van der Waals surface area contributed by atoms with Crippen molar-refractivity contribution in [3.63, 3.8) is 0 Å². The number of nitrogens with zero attached hydrogens (tertiary/aromatic N) is 3. The van der Waals surface area contributed by atoms with Gasteiger partial charge in [-0.1, -0.05) is 12.1 Å². The number of hydrogen-bond acceptors (Lipinski definition) is 3. The molecular formula is C18H15FN4O. The number of benzene rings is 1. The van der Waals surface area contributed by atoms with E-state index >= 15 is 0 Å². The standard InChI is InChI=1S/C18H15FN4O/c19-13-3-1-12(2-4-13)15-9-16(15)18(24)22-14-5-6-17(21-10-14)23-8-7-20-11-23/h1-8,10-11,15-16H,9H2,(H,22,24)/t15-,16+/m0/s1. The SMILES string of the molecule is O=C(Nc1ccc(-n2ccnc2)nc1)[C@@H]1C[C@H]1c1ccc(F)cc1. The van der Waals surface area contributed by atoms with Crippen LogP contribution in [0.5, 0.6) is 0 Å². The molecule has 2 atom stereocenters. The van der Waals surface area contributed by atoms with Gasteiger partial charge in [0.25, 0.3) is 0 Å². The Bertz CT molecular complexity index is 844. The second-order valence-electron chi connectivity index (χ2n) is 5.86. The first-order valence-corrected chi connectivity index (χ1v) is 7.71. The van der Waals surface area contributed by atoms with E-state index in [0.717, 1.165) is 17.8 Å². The minimum absolute atomic E-state index is 0.0264. The van der Waals surface area contributed by atoms with Gasteiger partial charge in [-0.3, -0.25) is 9.36 Å². The van der Waals surface area contributed by atoms with Crippen molar-refractivity contribution in [1.82, 2.24) is 14.5 Å². The number of imidazole rings is 1. The van der Waals surface area contributed by atoms with Crippen LogP contribution >= 0.6 is 0 Å². The van der Waals surface area contributed by atoms with E-state index in [1.54, 1.807) is 41.6 Å². The van der Waals surface area contributed by atoms with Crippen molar-refractivity contribution in [2.45, 2.75) is 12.3 Å². The van der Waals surface area contributed by atoms with Crippen LogP contribution in [0.1, 0.15) is 17.9 Å². The monoisotopic (exact) mass is 322 g/mol. The fraction of sp³-hybridized carbons (Fsp3) is 0.167. The van der Waals surface area contributed by atoms with E-state index in [0.29, 0.717) is 5.69 Å². The van der Waals surface area contributed by atoms with Crippen LogP contribution in [-0.4, -0.2) is 20.4 Å². The summed E-state index contributed by atoms with van der Waals surface area (Å²) >= 11 is 0. The molecule has 0 aliphatic heterocycles. The van der Waals surface area contributed by atoms with Crippen molar-refractivity contribution in [1.29, 1.82) is 0 Å². The zero-order valence-electron chi connectivity index (χ0n) is 12.8. The lowest BCUT2D eigenvalue weighted by Crippen LogP contribution is -2.14. The number of nitrogens with one attached hydrogen (secondary N) is 1. The lowest BCUT2D eigenvalue weighted by molar-refractivity contribution is -0.117. The van der Waals surface area contributed by atoms with E-state index in [4.69, 9.17) is 0 Å². The van der Waals surface area contributed by atoms with E-state index in [1.165, 1.54) is 12.1 Å². The smallest absolute Gasteiger partial charge is 0.228 e. The molecule has 24 heavy (non-hydrogen) atoms. The molecule has 1 aliphatic rings. The molecule has 1 aliphatic carbocycles. The first-order valence-electron chi connectivity index (χ1n) is 7.71. The molecule has 1 aromatic carbocycles. The van der Waals surface area contributed by atoms with Gasteiger partial charge in [0.1, 0.15) is 18.0 Å². The molecule has 0 saturated heterocycles. The van der Waals surface area contributed by atoms with Gasteiger partial charge >= 0.3 is 0 Å². The normalized spacial score (nSPS) is 19.0. The van der Waals surface area contributed by atoms with Gasteiger partial charge in [0, 0.05) is 18.3 Å². The van der Waals surface area contributed by atoms with Crippen LogP contribution < -0.4 is 5.32 Å². The molecule has 120 valence electrons. The van der Waals surface area contributed by atoms with Crippen molar-refractivity contribution < 1.29 is 9.18 Å². The molecule has 1 fully saturated rings. The first kappa shape index (κ1) is 14.6. The molecule has 0 radical (unpaired) electrons. The zero-order valence-corrected chi connectivity index (χ0v) is 12.8. The Kier molecular flexibility index (Phi) is 3.57. The van der Waals surface area contributed by atoms with Crippen molar-refractivity contribution in [2.75, 3.05) is 5.32 Å². The lowest BCUT2D eigenvalue weighted by Gasteiger charge is -2.06. The van der Waals surface area contributed by atoms with Gasteiger partial charge in [0.15, 0.2) is 0 Å². The van der Waals surface area contributed by atoms with Crippen molar-refractivity contribution in [3.05, 3.63) is 72.7 Å². The number of carbonyl (C=O) groups is 1. The second-order valence-corrected chi connectivity index (χ2v) is 5.86. The van der Waals surface area contributed by atoms with Crippen LogP contribution in [-0.2, 0) is 4.79 Å². The molecule has 5 nitrogen and oxygen atoms in total. The van der Waals surface area contributed by atoms with E-state index in [2.05, 4.69) is 15.3 Å². The molecule has 1 amide bonds. The highest BCUT2D eigenvalue weighted by Gasteiger charge is 2.43. The molecule has 3 aromatic rings. The first-order chi connectivity index (χ1) is 11.7. The number of aromatic nitrogens is 3. The maximum Gasteiger partial charge on any atom is 0.228 e. The Morgan fingerprint density at radius 3 is 2.71 bits per heavy atom. The summed E-state index contributed by atoms with van der Waals surface area (Å²) in [7, 11) is 0.